The molecule has 0 unspecified atom stereocenters. The maximum Gasteiger partial charge on any atom is 0.223 e. The number of thiophene rings is 1. The van der Waals surface area contributed by atoms with Gasteiger partial charge in [-0.15, -0.1) is 22.8 Å². The highest BCUT2D eigenvalue weighted by atomic mass is 32.1. The number of nitrogen functional groups attached to an aromatic ring is 1. The van der Waals surface area contributed by atoms with Crippen LogP contribution in [0.1, 0.15) is 44.6 Å². The average Bonchev–Trinajstić information content (AvgIpc) is 2.83. The Bertz CT molecular complexity index is 647. The van der Waals surface area contributed by atoms with Crippen molar-refractivity contribution in [1.29, 1.82) is 0 Å². The zero-order chi connectivity index (χ0) is 16.4. The quantitative estimate of drug-likeness (QED) is 0.447. The second-order valence-corrected chi connectivity index (χ2v) is 12.7. The summed E-state index contributed by atoms with van der Waals surface area (Å²) in [5.74, 6) is 3.67. The van der Waals surface area contributed by atoms with Gasteiger partial charge in [-0.25, -0.2) is 4.85 Å². The molecule has 0 radical (unpaired) electrons. The standard InChI is InChI=1S/C18H26N2SSi/c1-6-22(7-2,8-3)12-11-18(4)10-9-15-14(13-18)16(20-5)17(19)21-15/h6-10,13,19H2,1-4H3/t18-/m1/s1. The van der Waals surface area contributed by atoms with Crippen molar-refractivity contribution in [3.8, 4) is 11.5 Å². The predicted molar refractivity (Wildman–Crippen MR) is 100 cm³/mol. The van der Waals surface area contributed by atoms with Gasteiger partial charge in [-0.05, 0) is 54.8 Å². The van der Waals surface area contributed by atoms with Crippen molar-refractivity contribution in [3.63, 3.8) is 0 Å². The van der Waals surface area contributed by atoms with E-state index >= 15 is 0 Å². The normalized spacial score (nSPS) is 20.7. The van der Waals surface area contributed by atoms with Crippen LogP contribution in [0, 0.1) is 23.5 Å². The van der Waals surface area contributed by atoms with Gasteiger partial charge in [0.1, 0.15) is 8.07 Å². The van der Waals surface area contributed by atoms with E-state index in [1.807, 2.05) is 0 Å². The summed E-state index contributed by atoms with van der Waals surface area (Å²) in [6, 6.07) is 3.73. The number of aryl methyl sites for hydroxylation is 1. The molecule has 1 heterocycles. The number of rotatable bonds is 3. The van der Waals surface area contributed by atoms with Crippen molar-refractivity contribution in [3.05, 3.63) is 21.9 Å². The second-order valence-electron chi connectivity index (χ2n) is 6.66. The van der Waals surface area contributed by atoms with Crippen LogP contribution < -0.4 is 5.73 Å². The molecule has 1 aromatic rings. The minimum Gasteiger partial charge on any atom is -0.399 e. The second kappa shape index (κ2) is 6.48. The molecule has 0 aromatic carbocycles. The monoisotopic (exact) mass is 330 g/mol. The third-order valence-corrected chi connectivity index (χ3v) is 11.2. The molecule has 118 valence electrons. The molecule has 0 aliphatic heterocycles. The van der Waals surface area contributed by atoms with Crippen molar-refractivity contribution in [2.45, 2.75) is 65.1 Å². The van der Waals surface area contributed by atoms with E-state index in [0.29, 0.717) is 10.7 Å². The summed E-state index contributed by atoms with van der Waals surface area (Å²) >= 11 is 1.60. The topological polar surface area (TPSA) is 30.4 Å². The van der Waals surface area contributed by atoms with Crippen LogP contribution >= 0.6 is 11.3 Å². The van der Waals surface area contributed by atoms with E-state index in [0.717, 1.165) is 19.3 Å². The zero-order valence-corrected chi connectivity index (χ0v) is 16.0. The smallest absolute Gasteiger partial charge is 0.223 e. The molecule has 0 saturated carbocycles. The SMILES string of the molecule is [C-]#[N+]c1c(N)sc2c1C[C@@](C)(C#C[Si](CC)(CC)CC)CC2. The van der Waals surface area contributed by atoms with Crippen LogP contribution in [0.15, 0.2) is 0 Å². The van der Waals surface area contributed by atoms with E-state index in [2.05, 4.69) is 44.0 Å². The molecular weight excluding hydrogens is 304 g/mol. The van der Waals surface area contributed by atoms with Crippen LogP contribution in [0.5, 0.6) is 0 Å². The molecule has 2 rings (SSSR count). The largest absolute Gasteiger partial charge is 0.399 e. The molecule has 1 aliphatic carbocycles. The summed E-state index contributed by atoms with van der Waals surface area (Å²) in [5.41, 5.74) is 11.6. The maximum absolute atomic E-state index is 7.38. The highest BCUT2D eigenvalue weighted by Gasteiger charge is 2.33. The average molecular weight is 331 g/mol. The third kappa shape index (κ3) is 3.09. The molecule has 0 bridgehead atoms. The van der Waals surface area contributed by atoms with Gasteiger partial charge in [-0.3, -0.25) is 0 Å². The first-order valence-corrected chi connectivity index (χ1v) is 11.7. The fourth-order valence-electron chi connectivity index (χ4n) is 3.30. The van der Waals surface area contributed by atoms with Crippen LogP contribution in [0.25, 0.3) is 4.85 Å². The van der Waals surface area contributed by atoms with Gasteiger partial charge in [0.25, 0.3) is 0 Å². The molecule has 22 heavy (non-hydrogen) atoms. The molecule has 2 nitrogen and oxygen atoms in total. The van der Waals surface area contributed by atoms with Crippen LogP contribution in [-0.2, 0) is 12.8 Å². The number of anilines is 1. The summed E-state index contributed by atoms with van der Waals surface area (Å²) < 4.78 is 0. The lowest BCUT2D eigenvalue weighted by atomic mass is 9.76. The van der Waals surface area contributed by atoms with Crippen LogP contribution in [0.3, 0.4) is 0 Å². The summed E-state index contributed by atoms with van der Waals surface area (Å²) in [4.78, 5) is 4.97. The Hall–Kier alpha value is -1.23. The maximum atomic E-state index is 7.38. The zero-order valence-electron chi connectivity index (χ0n) is 14.2. The number of hydrogen-bond acceptors (Lipinski definition) is 2. The summed E-state index contributed by atoms with van der Waals surface area (Å²) in [6.45, 7) is 16.5. The fraction of sp³-hybridized carbons (Fsp3) is 0.611. The molecule has 4 heteroatoms. The lowest BCUT2D eigenvalue weighted by molar-refractivity contribution is 0.391. The van der Waals surface area contributed by atoms with Crippen molar-refractivity contribution in [2.75, 3.05) is 5.73 Å². The Kier molecular flexibility index (Phi) is 5.05. The minimum absolute atomic E-state index is 0.0116. The van der Waals surface area contributed by atoms with E-state index in [1.165, 1.54) is 28.6 Å². The van der Waals surface area contributed by atoms with Gasteiger partial charge in [-0.2, -0.15) is 0 Å². The Morgan fingerprint density at radius 3 is 2.50 bits per heavy atom. The summed E-state index contributed by atoms with van der Waals surface area (Å²) in [6.07, 6.45) is 3.00. The third-order valence-electron chi connectivity index (χ3n) is 5.33. The molecule has 0 saturated heterocycles. The molecule has 0 spiro atoms. The van der Waals surface area contributed by atoms with E-state index in [1.54, 1.807) is 11.3 Å². The van der Waals surface area contributed by atoms with Crippen LogP contribution in [-0.4, -0.2) is 8.07 Å². The highest BCUT2D eigenvalue weighted by Crippen LogP contribution is 2.46. The summed E-state index contributed by atoms with van der Waals surface area (Å²) in [7, 11) is -1.40. The number of fused-ring (bicyclic) bond motifs is 1. The number of nitrogens with zero attached hydrogens (tertiary/aromatic N) is 1. The van der Waals surface area contributed by atoms with Gasteiger partial charge < -0.3 is 5.73 Å². The predicted octanol–water partition coefficient (Wildman–Crippen LogP) is 5.43. The molecule has 2 N–H and O–H groups in total. The van der Waals surface area contributed by atoms with Crippen molar-refractivity contribution in [1.82, 2.24) is 0 Å². The van der Waals surface area contributed by atoms with E-state index < -0.39 is 8.07 Å². The van der Waals surface area contributed by atoms with Crippen LogP contribution in [0.4, 0.5) is 10.7 Å². The molecule has 1 aliphatic rings. The first-order chi connectivity index (χ1) is 10.4. The van der Waals surface area contributed by atoms with E-state index in [9.17, 15) is 0 Å². The van der Waals surface area contributed by atoms with Gasteiger partial charge in [0, 0.05) is 5.41 Å². The van der Waals surface area contributed by atoms with Crippen molar-refractivity contribution < 1.29 is 0 Å². The number of hydrogen-bond donors (Lipinski definition) is 1. The molecular formula is C18H26N2SSi. The Labute approximate surface area is 139 Å². The van der Waals surface area contributed by atoms with Crippen LogP contribution in [0.2, 0.25) is 18.1 Å². The van der Waals surface area contributed by atoms with E-state index in [4.69, 9.17) is 12.3 Å². The Balaban J connectivity index is 2.33. The molecule has 0 fully saturated rings. The van der Waals surface area contributed by atoms with Gasteiger partial charge in [-0.1, -0.05) is 20.8 Å². The van der Waals surface area contributed by atoms with E-state index in [-0.39, 0.29) is 5.41 Å². The molecule has 0 amide bonds. The highest BCUT2D eigenvalue weighted by molar-refractivity contribution is 7.16. The molecule has 1 aromatic heterocycles. The lowest BCUT2D eigenvalue weighted by Crippen LogP contribution is -2.31. The number of nitrogens with two attached hydrogens (primary N) is 1. The fourth-order valence-corrected chi connectivity index (χ4v) is 6.93. The Morgan fingerprint density at radius 2 is 1.95 bits per heavy atom. The van der Waals surface area contributed by atoms with Gasteiger partial charge in [0.2, 0.25) is 5.69 Å². The van der Waals surface area contributed by atoms with Gasteiger partial charge in [0.15, 0.2) is 0 Å². The first kappa shape index (κ1) is 17.1. The molecule has 1 atom stereocenters. The summed E-state index contributed by atoms with van der Waals surface area (Å²) in [5, 5.41) is 0.691. The Morgan fingerprint density at radius 1 is 1.32 bits per heavy atom. The van der Waals surface area contributed by atoms with Gasteiger partial charge >= 0.3 is 0 Å². The first-order valence-electron chi connectivity index (χ1n) is 8.24. The van der Waals surface area contributed by atoms with Crippen molar-refractivity contribution >= 4 is 30.1 Å². The minimum atomic E-state index is -1.40. The van der Waals surface area contributed by atoms with Crippen molar-refractivity contribution in [2.24, 2.45) is 5.41 Å². The van der Waals surface area contributed by atoms with Gasteiger partial charge in [0.05, 0.1) is 11.6 Å². The lowest BCUT2D eigenvalue weighted by Gasteiger charge is -2.30.